The van der Waals surface area contributed by atoms with Gasteiger partial charge in [-0.1, -0.05) is 18.2 Å². The lowest BCUT2D eigenvalue weighted by Gasteiger charge is -2.11. The van der Waals surface area contributed by atoms with Gasteiger partial charge in [-0.15, -0.1) is 0 Å². The smallest absolute Gasteiger partial charge is 0.191 e. The van der Waals surface area contributed by atoms with Gasteiger partial charge < -0.3 is 25.1 Å². The number of ether oxygens (including phenoxy) is 1. The van der Waals surface area contributed by atoms with Crippen LogP contribution in [0.4, 0.5) is 5.69 Å². The number of rotatable bonds is 12. The first-order chi connectivity index (χ1) is 12.9. The Morgan fingerprint density at radius 2 is 1.92 bits per heavy atom. The number of para-hydroxylation sites is 1. The van der Waals surface area contributed by atoms with Crippen molar-refractivity contribution in [2.24, 2.45) is 4.99 Å². The van der Waals surface area contributed by atoms with Crippen LogP contribution in [0, 0.1) is 0 Å². The largest absolute Gasteiger partial charge is 0.467 e. The zero-order valence-corrected chi connectivity index (χ0v) is 15.5. The van der Waals surface area contributed by atoms with Crippen molar-refractivity contribution < 1.29 is 9.15 Å². The molecule has 0 saturated heterocycles. The van der Waals surface area contributed by atoms with Crippen molar-refractivity contribution in [3.63, 3.8) is 0 Å². The van der Waals surface area contributed by atoms with Crippen molar-refractivity contribution in [2.75, 3.05) is 38.1 Å². The Bertz CT molecular complexity index is 600. The molecule has 1 aromatic heterocycles. The first-order valence-corrected chi connectivity index (χ1v) is 9.29. The summed E-state index contributed by atoms with van der Waals surface area (Å²) in [5.74, 6) is 1.72. The highest BCUT2D eigenvalue weighted by Crippen LogP contribution is 2.04. The fraction of sp³-hybridized carbons (Fsp3) is 0.450. The molecular formula is C20H30N4O2. The molecule has 0 saturated carbocycles. The van der Waals surface area contributed by atoms with E-state index in [9.17, 15) is 0 Å². The molecular weight excluding hydrogens is 328 g/mol. The van der Waals surface area contributed by atoms with Crippen LogP contribution in [0.25, 0.3) is 0 Å². The molecule has 6 nitrogen and oxygen atoms in total. The van der Waals surface area contributed by atoms with Gasteiger partial charge >= 0.3 is 0 Å². The Balaban J connectivity index is 1.54. The third kappa shape index (κ3) is 8.58. The Morgan fingerprint density at radius 3 is 2.69 bits per heavy atom. The van der Waals surface area contributed by atoms with Gasteiger partial charge in [0.25, 0.3) is 0 Å². The van der Waals surface area contributed by atoms with E-state index in [2.05, 4.69) is 40.0 Å². The maximum absolute atomic E-state index is 5.57. The van der Waals surface area contributed by atoms with Gasteiger partial charge in [-0.05, 0) is 44.0 Å². The number of nitrogens with one attached hydrogen (secondary N) is 3. The van der Waals surface area contributed by atoms with E-state index in [0.29, 0.717) is 13.2 Å². The summed E-state index contributed by atoms with van der Waals surface area (Å²) >= 11 is 0. The molecule has 0 aliphatic heterocycles. The average Bonchev–Trinajstić information content (AvgIpc) is 3.18. The topological polar surface area (TPSA) is 70.8 Å². The first-order valence-electron chi connectivity index (χ1n) is 9.29. The van der Waals surface area contributed by atoms with Crippen LogP contribution in [0.15, 0.2) is 58.1 Å². The van der Waals surface area contributed by atoms with E-state index in [0.717, 1.165) is 56.4 Å². The van der Waals surface area contributed by atoms with Crippen molar-refractivity contribution in [3.05, 3.63) is 54.5 Å². The van der Waals surface area contributed by atoms with Crippen LogP contribution in [-0.4, -0.2) is 38.7 Å². The minimum atomic E-state index is 0.523. The minimum Gasteiger partial charge on any atom is -0.467 e. The lowest BCUT2D eigenvalue weighted by Crippen LogP contribution is -2.38. The fourth-order valence-corrected chi connectivity index (χ4v) is 2.35. The molecule has 0 aliphatic rings. The summed E-state index contributed by atoms with van der Waals surface area (Å²) in [7, 11) is 0. The van der Waals surface area contributed by atoms with E-state index in [1.165, 1.54) is 0 Å². The third-order valence-corrected chi connectivity index (χ3v) is 3.63. The molecule has 0 bridgehead atoms. The van der Waals surface area contributed by atoms with Crippen molar-refractivity contribution in [3.8, 4) is 0 Å². The van der Waals surface area contributed by atoms with Crippen LogP contribution in [0.2, 0.25) is 0 Å². The van der Waals surface area contributed by atoms with E-state index in [1.54, 1.807) is 6.26 Å². The zero-order chi connectivity index (χ0) is 18.3. The van der Waals surface area contributed by atoms with E-state index < -0.39 is 0 Å². The highest BCUT2D eigenvalue weighted by molar-refractivity contribution is 5.79. The summed E-state index contributed by atoms with van der Waals surface area (Å²) < 4.78 is 10.8. The van der Waals surface area contributed by atoms with Crippen molar-refractivity contribution in [1.29, 1.82) is 0 Å². The quantitative estimate of drug-likeness (QED) is 0.309. The summed E-state index contributed by atoms with van der Waals surface area (Å²) in [6, 6.07) is 14.0. The van der Waals surface area contributed by atoms with Gasteiger partial charge in [-0.25, -0.2) is 0 Å². The lowest BCUT2D eigenvalue weighted by atomic mass is 10.3. The predicted octanol–water partition coefficient (Wildman–Crippen LogP) is 3.24. The molecule has 0 unspecified atom stereocenters. The summed E-state index contributed by atoms with van der Waals surface area (Å²) in [6.07, 6.45) is 3.56. The Hall–Kier alpha value is -2.47. The number of anilines is 1. The molecule has 0 aliphatic carbocycles. The van der Waals surface area contributed by atoms with Crippen molar-refractivity contribution in [2.45, 2.75) is 26.4 Å². The summed E-state index contributed by atoms with van der Waals surface area (Å²) in [6.45, 7) is 6.65. The number of hydrogen-bond donors (Lipinski definition) is 3. The van der Waals surface area contributed by atoms with Gasteiger partial charge in [-0.3, -0.25) is 4.99 Å². The van der Waals surface area contributed by atoms with Crippen LogP contribution in [0.1, 0.15) is 25.5 Å². The molecule has 1 heterocycles. The van der Waals surface area contributed by atoms with Gasteiger partial charge in [0.15, 0.2) is 5.96 Å². The second kappa shape index (κ2) is 12.8. The van der Waals surface area contributed by atoms with Crippen LogP contribution < -0.4 is 16.0 Å². The lowest BCUT2D eigenvalue weighted by molar-refractivity contribution is 0.105. The van der Waals surface area contributed by atoms with Crippen LogP contribution in [0.3, 0.4) is 0 Å². The summed E-state index contributed by atoms with van der Waals surface area (Å²) in [4.78, 5) is 4.60. The van der Waals surface area contributed by atoms with Crippen LogP contribution in [0.5, 0.6) is 0 Å². The molecule has 0 atom stereocenters. The standard InChI is InChI=1S/C20H30N4O2/c1-2-21-20(23-13-7-12-22-18-9-4-3-5-10-18)24-14-8-15-25-17-19-11-6-16-26-19/h3-6,9-11,16,22H,2,7-8,12-15,17H2,1H3,(H2,21,23,24). The highest BCUT2D eigenvalue weighted by atomic mass is 16.5. The normalized spacial score (nSPS) is 11.3. The third-order valence-electron chi connectivity index (χ3n) is 3.63. The monoisotopic (exact) mass is 358 g/mol. The van der Waals surface area contributed by atoms with E-state index in [4.69, 9.17) is 9.15 Å². The minimum absolute atomic E-state index is 0.523. The summed E-state index contributed by atoms with van der Waals surface area (Å²) in [5.41, 5.74) is 1.15. The summed E-state index contributed by atoms with van der Waals surface area (Å²) in [5, 5.41) is 10.00. The second-order valence-corrected chi connectivity index (χ2v) is 5.82. The maximum Gasteiger partial charge on any atom is 0.191 e. The molecule has 6 heteroatoms. The number of aliphatic imine (C=N–C) groups is 1. The first kappa shape index (κ1) is 19.8. The second-order valence-electron chi connectivity index (χ2n) is 5.82. The van der Waals surface area contributed by atoms with Gasteiger partial charge in [0.2, 0.25) is 0 Å². The van der Waals surface area contributed by atoms with Crippen LogP contribution >= 0.6 is 0 Å². The Morgan fingerprint density at radius 1 is 1.04 bits per heavy atom. The molecule has 0 fully saturated rings. The molecule has 2 rings (SSSR count). The van der Waals surface area contributed by atoms with Gasteiger partial charge in [0.1, 0.15) is 12.4 Å². The number of benzene rings is 1. The molecule has 142 valence electrons. The van der Waals surface area contributed by atoms with Gasteiger partial charge in [0, 0.05) is 38.5 Å². The number of hydrogen-bond acceptors (Lipinski definition) is 4. The molecule has 2 aromatic rings. The van der Waals surface area contributed by atoms with Crippen molar-refractivity contribution >= 4 is 11.6 Å². The maximum atomic E-state index is 5.57. The Kier molecular flexibility index (Phi) is 9.80. The van der Waals surface area contributed by atoms with Gasteiger partial charge in [-0.2, -0.15) is 0 Å². The number of guanidine groups is 1. The Labute approximate surface area is 156 Å². The molecule has 0 amide bonds. The number of nitrogens with zero attached hydrogens (tertiary/aromatic N) is 1. The molecule has 26 heavy (non-hydrogen) atoms. The number of furan rings is 1. The van der Waals surface area contributed by atoms with E-state index >= 15 is 0 Å². The molecule has 3 N–H and O–H groups in total. The van der Waals surface area contributed by atoms with E-state index in [-0.39, 0.29) is 0 Å². The molecule has 0 radical (unpaired) electrons. The average molecular weight is 358 g/mol. The molecule has 0 spiro atoms. The van der Waals surface area contributed by atoms with Crippen molar-refractivity contribution in [1.82, 2.24) is 10.6 Å². The van der Waals surface area contributed by atoms with Crippen LogP contribution in [-0.2, 0) is 11.3 Å². The predicted molar refractivity (Wildman–Crippen MR) is 107 cm³/mol. The zero-order valence-electron chi connectivity index (χ0n) is 15.5. The highest BCUT2D eigenvalue weighted by Gasteiger charge is 1.98. The van der Waals surface area contributed by atoms with Gasteiger partial charge in [0.05, 0.1) is 6.26 Å². The molecule has 1 aromatic carbocycles. The SMILES string of the molecule is CCNC(=NCCCNc1ccccc1)NCCCOCc1ccco1. The van der Waals surface area contributed by atoms with E-state index in [1.807, 2.05) is 30.3 Å². The fourth-order valence-electron chi connectivity index (χ4n) is 2.35.